The Balaban J connectivity index is 2.99. The highest BCUT2D eigenvalue weighted by atomic mass is 16.6. The van der Waals surface area contributed by atoms with E-state index in [1.165, 1.54) is 12.1 Å². The average Bonchev–Trinajstić information content (AvgIpc) is 2.20. The summed E-state index contributed by atoms with van der Waals surface area (Å²) in [5, 5.41) is 28.5. The average molecular weight is 209 g/mol. The first-order valence-electron chi connectivity index (χ1n) is 4.40. The molecule has 0 aliphatic carbocycles. The number of para-hydroxylation sites is 1. The summed E-state index contributed by atoms with van der Waals surface area (Å²) in [5.74, 6) is -0.350. The van der Waals surface area contributed by atoms with Gasteiger partial charge in [0, 0.05) is 18.2 Å². The molecule has 2 N–H and O–H groups in total. The van der Waals surface area contributed by atoms with Crippen LogP contribution in [0.25, 0.3) is 6.08 Å². The molecule has 5 heteroatoms. The van der Waals surface area contributed by atoms with Crippen molar-refractivity contribution >= 4 is 11.8 Å². The number of aromatic hydroxyl groups is 1. The zero-order chi connectivity index (χ0) is 11.3. The Morgan fingerprint density at radius 1 is 1.47 bits per heavy atom. The molecule has 0 radical (unpaired) electrons. The molecule has 1 rings (SSSR count). The van der Waals surface area contributed by atoms with Gasteiger partial charge < -0.3 is 10.2 Å². The fourth-order valence-corrected chi connectivity index (χ4v) is 1.12. The van der Waals surface area contributed by atoms with E-state index in [0.29, 0.717) is 12.0 Å². The predicted octanol–water partition coefficient (Wildman–Crippen LogP) is 1.70. The van der Waals surface area contributed by atoms with Gasteiger partial charge in [-0.05, 0) is 6.42 Å². The first-order valence-corrected chi connectivity index (χ1v) is 4.40. The van der Waals surface area contributed by atoms with E-state index in [4.69, 9.17) is 5.11 Å². The Morgan fingerprint density at radius 3 is 2.80 bits per heavy atom. The maximum atomic E-state index is 10.5. The maximum absolute atomic E-state index is 10.5. The maximum Gasteiger partial charge on any atom is 0.311 e. The van der Waals surface area contributed by atoms with E-state index in [0.717, 1.165) is 0 Å². The molecule has 0 amide bonds. The monoisotopic (exact) mass is 209 g/mol. The second kappa shape index (κ2) is 5.11. The molecule has 0 aromatic heterocycles. The summed E-state index contributed by atoms with van der Waals surface area (Å²) in [5.41, 5.74) is 0.0544. The molecule has 0 bridgehead atoms. The zero-order valence-electron chi connectivity index (χ0n) is 7.96. The van der Waals surface area contributed by atoms with Crippen LogP contribution in [0.15, 0.2) is 24.3 Å². The van der Waals surface area contributed by atoms with E-state index >= 15 is 0 Å². The van der Waals surface area contributed by atoms with Gasteiger partial charge in [-0.1, -0.05) is 24.3 Å². The summed E-state index contributed by atoms with van der Waals surface area (Å²) < 4.78 is 0. The first kappa shape index (κ1) is 11.2. The lowest BCUT2D eigenvalue weighted by Crippen LogP contribution is -1.89. The van der Waals surface area contributed by atoms with Gasteiger partial charge in [0.1, 0.15) is 0 Å². The van der Waals surface area contributed by atoms with Crippen molar-refractivity contribution in [3.63, 3.8) is 0 Å². The van der Waals surface area contributed by atoms with Crippen LogP contribution >= 0.6 is 0 Å². The molecular weight excluding hydrogens is 198 g/mol. The number of phenolic OH excluding ortho intramolecular Hbond substituents is 1. The van der Waals surface area contributed by atoms with Crippen molar-refractivity contribution in [3.05, 3.63) is 40.0 Å². The molecule has 0 heterocycles. The molecule has 0 atom stereocenters. The van der Waals surface area contributed by atoms with Crippen LogP contribution in [0.4, 0.5) is 5.69 Å². The third-order valence-corrected chi connectivity index (χ3v) is 1.84. The summed E-state index contributed by atoms with van der Waals surface area (Å²) in [6.45, 7) is 0.00614. The van der Waals surface area contributed by atoms with Gasteiger partial charge in [-0.25, -0.2) is 0 Å². The van der Waals surface area contributed by atoms with Crippen LogP contribution in [0.2, 0.25) is 0 Å². The molecule has 80 valence electrons. The van der Waals surface area contributed by atoms with Crippen molar-refractivity contribution in [3.8, 4) is 5.75 Å². The third kappa shape index (κ3) is 2.78. The SMILES string of the molecule is O=[N+]([O-])c1cccc(C=CCCO)c1O. The van der Waals surface area contributed by atoms with E-state index in [1.54, 1.807) is 18.2 Å². The fraction of sp³-hybridized carbons (Fsp3) is 0.200. The van der Waals surface area contributed by atoms with Crippen LogP contribution in [0, 0.1) is 10.1 Å². The normalized spacial score (nSPS) is 10.7. The van der Waals surface area contributed by atoms with Gasteiger partial charge in [-0.3, -0.25) is 10.1 Å². The Morgan fingerprint density at radius 2 is 2.20 bits per heavy atom. The van der Waals surface area contributed by atoms with Crippen LogP contribution < -0.4 is 0 Å². The topological polar surface area (TPSA) is 83.6 Å². The van der Waals surface area contributed by atoms with E-state index < -0.39 is 4.92 Å². The summed E-state index contributed by atoms with van der Waals surface area (Å²) in [6, 6.07) is 4.30. The van der Waals surface area contributed by atoms with Crippen molar-refractivity contribution in [1.82, 2.24) is 0 Å². The summed E-state index contributed by atoms with van der Waals surface area (Å²) >= 11 is 0. The third-order valence-electron chi connectivity index (χ3n) is 1.84. The Hall–Kier alpha value is -1.88. The number of hydrogen-bond acceptors (Lipinski definition) is 4. The van der Waals surface area contributed by atoms with E-state index in [-0.39, 0.29) is 18.0 Å². The van der Waals surface area contributed by atoms with Gasteiger partial charge in [-0.15, -0.1) is 0 Å². The van der Waals surface area contributed by atoms with Crippen molar-refractivity contribution in [2.24, 2.45) is 0 Å². The van der Waals surface area contributed by atoms with Crippen molar-refractivity contribution in [2.45, 2.75) is 6.42 Å². The number of rotatable bonds is 4. The number of benzene rings is 1. The lowest BCUT2D eigenvalue weighted by molar-refractivity contribution is -0.385. The van der Waals surface area contributed by atoms with E-state index in [9.17, 15) is 15.2 Å². The number of phenols is 1. The second-order valence-electron chi connectivity index (χ2n) is 2.89. The number of aliphatic hydroxyl groups excluding tert-OH is 1. The van der Waals surface area contributed by atoms with Gasteiger partial charge >= 0.3 is 5.69 Å². The van der Waals surface area contributed by atoms with Gasteiger partial charge in [0.05, 0.1) is 4.92 Å². The molecule has 0 aliphatic rings. The van der Waals surface area contributed by atoms with Crippen LogP contribution in [0.3, 0.4) is 0 Å². The van der Waals surface area contributed by atoms with Crippen molar-refractivity contribution in [2.75, 3.05) is 6.61 Å². The standard InChI is InChI=1S/C10H11NO4/c12-7-2-1-4-8-5-3-6-9(10(8)13)11(14)15/h1,3-6,12-13H,2,7H2. The molecule has 0 unspecified atom stereocenters. The second-order valence-corrected chi connectivity index (χ2v) is 2.89. The smallest absolute Gasteiger partial charge is 0.311 e. The van der Waals surface area contributed by atoms with Crippen molar-refractivity contribution in [1.29, 1.82) is 0 Å². The molecule has 0 saturated heterocycles. The predicted molar refractivity (Wildman–Crippen MR) is 55.5 cm³/mol. The van der Waals surface area contributed by atoms with Gasteiger partial charge in [-0.2, -0.15) is 0 Å². The quantitative estimate of drug-likeness (QED) is 0.583. The highest BCUT2D eigenvalue weighted by molar-refractivity contribution is 5.63. The summed E-state index contributed by atoms with van der Waals surface area (Å²) in [6.07, 6.45) is 3.62. The molecule has 15 heavy (non-hydrogen) atoms. The summed E-state index contributed by atoms with van der Waals surface area (Å²) in [7, 11) is 0. The highest BCUT2D eigenvalue weighted by Crippen LogP contribution is 2.29. The van der Waals surface area contributed by atoms with Crippen LogP contribution in [0.1, 0.15) is 12.0 Å². The fourth-order valence-electron chi connectivity index (χ4n) is 1.12. The van der Waals surface area contributed by atoms with Crippen LogP contribution in [-0.4, -0.2) is 21.7 Å². The first-order chi connectivity index (χ1) is 7.16. The Labute approximate surface area is 86.4 Å². The van der Waals surface area contributed by atoms with Crippen molar-refractivity contribution < 1.29 is 15.1 Å². The molecule has 1 aromatic carbocycles. The molecule has 0 fully saturated rings. The minimum Gasteiger partial charge on any atom is -0.502 e. The Kier molecular flexibility index (Phi) is 3.82. The van der Waals surface area contributed by atoms with Crippen LogP contribution in [0.5, 0.6) is 5.75 Å². The molecular formula is C10H11NO4. The lowest BCUT2D eigenvalue weighted by Gasteiger charge is -1.99. The number of nitrogens with zero attached hydrogens (tertiary/aromatic N) is 1. The number of hydrogen-bond donors (Lipinski definition) is 2. The number of nitro groups is 1. The van der Waals surface area contributed by atoms with Gasteiger partial charge in [0.2, 0.25) is 5.75 Å². The molecule has 1 aromatic rings. The Bertz CT molecular complexity index is 387. The largest absolute Gasteiger partial charge is 0.502 e. The minimum atomic E-state index is -0.640. The van der Waals surface area contributed by atoms with Gasteiger partial charge in [0.25, 0.3) is 0 Å². The van der Waals surface area contributed by atoms with E-state index in [1.807, 2.05) is 0 Å². The lowest BCUT2D eigenvalue weighted by atomic mass is 10.1. The molecule has 5 nitrogen and oxygen atoms in total. The van der Waals surface area contributed by atoms with E-state index in [2.05, 4.69) is 0 Å². The minimum absolute atomic E-state index is 0.00614. The molecule has 0 saturated carbocycles. The van der Waals surface area contributed by atoms with Gasteiger partial charge in [0.15, 0.2) is 0 Å². The molecule has 0 spiro atoms. The highest BCUT2D eigenvalue weighted by Gasteiger charge is 2.14. The summed E-state index contributed by atoms with van der Waals surface area (Å²) in [4.78, 5) is 9.85. The number of aliphatic hydroxyl groups is 1. The zero-order valence-corrected chi connectivity index (χ0v) is 7.96. The molecule has 0 aliphatic heterocycles. The number of nitro benzene ring substituents is 1. The van der Waals surface area contributed by atoms with Crippen LogP contribution in [-0.2, 0) is 0 Å².